The number of pyridine rings is 1. The first-order chi connectivity index (χ1) is 9.22. The number of nitrogens with zero attached hydrogens (tertiary/aromatic N) is 4. The highest BCUT2D eigenvalue weighted by molar-refractivity contribution is 9.10. The lowest BCUT2D eigenvalue weighted by molar-refractivity contribution is 0.476. The molecular weight excluding hydrogens is 306 g/mol. The maximum absolute atomic E-state index is 4.36. The normalized spacial score (nSPS) is 12.6. The van der Waals surface area contributed by atoms with Gasteiger partial charge in [0.2, 0.25) is 0 Å². The molecule has 0 aliphatic rings. The molecule has 1 atom stereocenters. The van der Waals surface area contributed by atoms with Crippen LogP contribution in [-0.2, 0) is 13.5 Å². The number of hydrogen-bond acceptors (Lipinski definition) is 4. The third-order valence-corrected chi connectivity index (χ3v) is 3.59. The Morgan fingerprint density at radius 2 is 2.26 bits per heavy atom. The lowest BCUT2D eigenvalue weighted by Gasteiger charge is -2.17. The molecule has 0 fully saturated rings. The zero-order valence-corrected chi connectivity index (χ0v) is 12.8. The van der Waals surface area contributed by atoms with Gasteiger partial charge in [0.1, 0.15) is 0 Å². The largest absolute Gasteiger partial charge is 0.309 e. The summed E-state index contributed by atoms with van der Waals surface area (Å²) in [6, 6.07) is 6.24. The van der Waals surface area contributed by atoms with Crippen LogP contribution < -0.4 is 5.32 Å². The fraction of sp³-hybridized carbons (Fsp3) is 0.462. The molecule has 0 aromatic carbocycles. The molecule has 5 nitrogen and oxygen atoms in total. The molecule has 102 valence electrons. The molecule has 0 aliphatic carbocycles. The van der Waals surface area contributed by atoms with E-state index < -0.39 is 0 Å². The molecule has 6 heteroatoms. The molecule has 2 aromatic rings. The van der Waals surface area contributed by atoms with Gasteiger partial charge in [0, 0.05) is 18.9 Å². The maximum Gasteiger partial charge on any atom is 0.153 e. The van der Waals surface area contributed by atoms with Crippen molar-refractivity contribution in [2.24, 2.45) is 7.05 Å². The second-order valence-corrected chi connectivity index (χ2v) is 5.11. The van der Waals surface area contributed by atoms with Gasteiger partial charge in [0.05, 0.1) is 11.7 Å². The summed E-state index contributed by atoms with van der Waals surface area (Å²) in [5.74, 6) is 0. The summed E-state index contributed by atoms with van der Waals surface area (Å²) < 4.78 is 2.62. The van der Waals surface area contributed by atoms with Gasteiger partial charge in [-0.3, -0.25) is 4.98 Å². The average molecular weight is 324 g/mol. The first-order valence-corrected chi connectivity index (χ1v) is 7.20. The van der Waals surface area contributed by atoms with E-state index >= 15 is 0 Å². The third kappa shape index (κ3) is 3.61. The van der Waals surface area contributed by atoms with Gasteiger partial charge in [0.15, 0.2) is 4.60 Å². The second kappa shape index (κ2) is 6.77. The number of rotatable bonds is 6. The van der Waals surface area contributed by atoms with Gasteiger partial charge in [-0.2, -0.15) is 0 Å². The fourth-order valence-corrected chi connectivity index (χ4v) is 2.73. The fourth-order valence-electron chi connectivity index (χ4n) is 2.13. The van der Waals surface area contributed by atoms with Gasteiger partial charge < -0.3 is 5.32 Å². The van der Waals surface area contributed by atoms with Crippen LogP contribution >= 0.6 is 15.9 Å². The summed E-state index contributed by atoms with van der Waals surface area (Å²) >= 11 is 3.46. The minimum Gasteiger partial charge on any atom is -0.309 e. The van der Waals surface area contributed by atoms with Crippen LogP contribution in [0.3, 0.4) is 0 Å². The lowest BCUT2D eigenvalue weighted by atomic mass is 10.1. The number of aryl methyl sites for hydroxylation is 2. The highest BCUT2D eigenvalue weighted by Gasteiger charge is 2.19. The van der Waals surface area contributed by atoms with Gasteiger partial charge in [-0.05, 0) is 47.4 Å². The molecule has 1 N–H and O–H groups in total. The second-order valence-electron chi connectivity index (χ2n) is 4.36. The Hall–Kier alpha value is -1.27. The average Bonchev–Trinajstić information content (AvgIpc) is 2.76. The van der Waals surface area contributed by atoms with Crippen molar-refractivity contribution in [3.05, 3.63) is 40.4 Å². The molecule has 0 spiro atoms. The molecule has 19 heavy (non-hydrogen) atoms. The Kier molecular flexibility index (Phi) is 5.04. The first kappa shape index (κ1) is 14.1. The highest BCUT2D eigenvalue weighted by Crippen LogP contribution is 2.24. The molecule has 0 amide bonds. The summed E-state index contributed by atoms with van der Waals surface area (Å²) in [5.41, 5.74) is 2.19. The smallest absolute Gasteiger partial charge is 0.153 e. The molecule has 0 radical (unpaired) electrons. The predicted molar refractivity (Wildman–Crippen MR) is 77.7 cm³/mol. The van der Waals surface area contributed by atoms with Crippen molar-refractivity contribution in [1.29, 1.82) is 0 Å². The van der Waals surface area contributed by atoms with Crippen LogP contribution in [0.2, 0.25) is 0 Å². The standard InChI is InChI=1S/C13H18BrN5/c1-3-15-11(12-13(14)17-18-19(12)2)8-7-10-6-4-5-9-16-10/h4-6,9,11,15H,3,7-8H2,1-2H3. The van der Waals surface area contributed by atoms with Gasteiger partial charge in [-0.25, -0.2) is 4.68 Å². The minimum absolute atomic E-state index is 0.224. The van der Waals surface area contributed by atoms with Crippen molar-refractivity contribution in [2.45, 2.75) is 25.8 Å². The van der Waals surface area contributed by atoms with Gasteiger partial charge in [0.25, 0.3) is 0 Å². The molecule has 0 saturated carbocycles. The van der Waals surface area contributed by atoms with E-state index in [1.54, 1.807) is 0 Å². The zero-order valence-electron chi connectivity index (χ0n) is 11.2. The molecule has 0 aliphatic heterocycles. The number of aromatic nitrogens is 4. The van der Waals surface area contributed by atoms with E-state index in [4.69, 9.17) is 0 Å². The molecular formula is C13H18BrN5. The van der Waals surface area contributed by atoms with E-state index in [0.717, 1.165) is 35.4 Å². The van der Waals surface area contributed by atoms with Crippen LogP contribution in [0.25, 0.3) is 0 Å². The van der Waals surface area contributed by atoms with Crippen LogP contribution in [-0.4, -0.2) is 26.5 Å². The first-order valence-electron chi connectivity index (χ1n) is 6.40. The zero-order chi connectivity index (χ0) is 13.7. The maximum atomic E-state index is 4.36. The highest BCUT2D eigenvalue weighted by atomic mass is 79.9. The Labute approximate surface area is 121 Å². The van der Waals surface area contributed by atoms with Gasteiger partial charge in [-0.1, -0.05) is 18.2 Å². The van der Waals surface area contributed by atoms with Crippen LogP contribution in [0, 0.1) is 0 Å². The van der Waals surface area contributed by atoms with Crippen LogP contribution in [0.5, 0.6) is 0 Å². The Balaban J connectivity index is 2.09. The Bertz CT molecular complexity index is 492. The molecule has 0 saturated heterocycles. The van der Waals surface area contributed by atoms with E-state index in [0.29, 0.717) is 0 Å². The summed E-state index contributed by atoms with van der Waals surface area (Å²) in [6.07, 6.45) is 3.72. The molecule has 2 heterocycles. The molecule has 1 unspecified atom stereocenters. The molecule has 2 aromatic heterocycles. The number of hydrogen-bond donors (Lipinski definition) is 1. The van der Waals surface area contributed by atoms with Crippen LogP contribution in [0.1, 0.15) is 30.8 Å². The van der Waals surface area contributed by atoms with E-state index in [2.05, 4.69) is 49.5 Å². The monoisotopic (exact) mass is 323 g/mol. The summed E-state index contributed by atoms with van der Waals surface area (Å²) in [6.45, 7) is 3.01. The number of halogens is 1. The van der Waals surface area contributed by atoms with Crippen LogP contribution in [0.15, 0.2) is 29.0 Å². The van der Waals surface area contributed by atoms with E-state index in [9.17, 15) is 0 Å². The molecule has 2 rings (SSSR count). The van der Waals surface area contributed by atoms with E-state index in [1.165, 1.54) is 0 Å². The Morgan fingerprint density at radius 3 is 2.84 bits per heavy atom. The van der Waals surface area contributed by atoms with E-state index in [-0.39, 0.29) is 6.04 Å². The summed E-state index contributed by atoms with van der Waals surface area (Å²) in [4.78, 5) is 4.36. The van der Waals surface area contributed by atoms with Crippen molar-refractivity contribution in [1.82, 2.24) is 25.3 Å². The number of nitrogens with one attached hydrogen (secondary N) is 1. The van der Waals surface area contributed by atoms with Gasteiger partial charge >= 0.3 is 0 Å². The summed E-state index contributed by atoms with van der Waals surface area (Å²) in [5, 5.41) is 11.6. The third-order valence-electron chi connectivity index (χ3n) is 3.02. The van der Waals surface area contributed by atoms with Crippen LogP contribution in [0.4, 0.5) is 0 Å². The van der Waals surface area contributed by atoms with Crippen molar-refractivity contribution < 1.29 is 0 Å². The predicted octanol–water partition coefficient (Wildman–Crippen LogP) is 2.26. The summed E-state index contributed by atoms with van der Waals surface area (Å²) in [7, 11) is 1.91. The van der Waals surface area contributed by atoms with Crippen molar-refractivity contribution in [2.75, 3.05) is 6.54 Å². The van der Waals surface area contributed by atoms with Crippen molar-refractivity contribution in [3.63, 3.8) is 0 Å². The van der Waals surface area contributed by atoms with Crippen molar-refractivity contribution >= 4 is 15.9 Å². The van der Waals surface area contributed by atoms with E-state index in [1.807, 2.05) is 30.1 Å². The SMILES string of the molecule is CCNC(CCc1ccccn1)c1c(Br)nnn1C. The Morgan fingerprint density at radius 1 is 1.42 bits per heavy atom. The minimum atomic E-state index is 0.224. The lowest BCUT2D eigenvalue weighted by Crippen LogP contribution is -2.24. The quantitative estimate of drug-likeness (QED) is 0.885. The van der Waals surface area contributed by atoms with Crippen molar-refractivity contribution in [3.8, 4) is 0 Å². The molecule has 0 bridgehead atoms. The topological polar surface area (TPSA) is 55.6 Å². The van der Waals surface area contributed by atoms with Gasteiger partial charge in [-0.15, -0.1) is 5.10 Å².